The van der Waals surface area contributed by atoms with Crippen molar-refractivity contribution in [2.75, 3.05) is 0 Å². The minimum atomic E-state index is -3.85. The third-order valence-electron chi connectivity index (χ3n) is 3.75. The number of aryl methyl sites for hydroxylation is 1. The maximum absolute atomic E-state index is 13.0. The van der Waals surface area contributed by atoms with E-state index in [1.54, 1.807) is 6.07 Å². The molecular formula is C18H20FNO4S. The van der Waals surface area contributed by atoms with Gasteiger partial charge in [-0.15, -0.1) is 0 Å². The Morgan fingerprint density at radius 1 is 1.20 bits per heavy atom. The summed E-state index contributed by atoms with van der Waals surface area (Å²) in [7, 11) is -3.85. The van der Waals surface area contributed by atoms with E-state index >= 15 is 0 Å². The Bertz CT molecular complexity index is 834. The largest absolute Gasteiger partial charge is 0.481 e. The first kappa shape index (κ1) is 19.1. The first-order valence-corrected chi connectivity index (χ1v) is 9.32. The van der Waals surface area contributed by atoms with Crippen LogP contribution in [0.3, 0.4) is 0 Å². The van der Waals surface area contributed by atoms with Gasteiger partial charge in [0.25, 0.3) is 0 Å². The molecule has 0 aromatic heterocycles. The molecule has 0 radical (unpaired) electrons. The highest BCUT2D eigenvalue weighted by atomic mass is 32.2. The molecular weight excluding hydrogens is 345 g/mol. The highest BCUT2D eigenvalue weighted by molar-refractivity contribution is 7.89. The van der Waals surface area contributed by atoms with Crippen LogP contribution in [-0.2, 0) is 14.8 Å². The fraction of sp³-hybridized carbons (Fsp3) is 0.278. The van der Waals surface area contributed by atoms with Gasteiger partial charge < -0.3 is 5.11 Å². The molecule has 1 atom stereocenters. The Morgan fingerprint density at radius 3 is 2.48 bits per heavy atom. The van der Waals surface area contributed by atoms with Gasteiger partial charge in [0.15, 0.2) is 0 Å². The Balaban J connectivity index is 2.25. The van der Waals surface area contributed by atoms with E-state index in [4.69, 9.17) is 5.11 Å². The van der Waals surface area contributed by atoms with Crippen LogP contribution in [0.5, 0.6) is 0 Å². The fourth-order valence-electron chi connectivity index (χ4n) is 2.51. The van der Waals surface area contributed by atoms with Crippen molar-refractivity contribution < 1.29 is 22.7 Å². The van der Waals surface area contributed by atoms with Crippen molar-refractivity contribution in [3.05, 3.63) is 65.5 Å². The Labute approximate surface area is 146 Å². The number of carboxylic acids is 1. The summed E-state index contributed by atoms with van der Waals surface area (Å²) in [5, 5.41) is 8.80. The zero-order valence-electron chi connectivity index (χ0n) is 13.8. The number of carbonyl (C=O) groups is 1. The lowest BCUT2D eigenvalue weighted by Crippen LogP contribution is -2.29. The number of benzene rings is 2. The number of carboxylic acid groups (broad SMARTS) is 1. The summed E-state index contributed by atoms with van der Waals surface area (Å²) in [5.74, 6) is -1.44. The van der Waals surface area contributed by atoms with Gasteiger partial charge >= 0.3 is 5.97 Å². The quantitative estimate of drug-likeness (QED) is 0.751. The lowest BCUT2D eigenvalue weighted by molar-refractivity contribution is -0.137. The predicted molar refractivity (Wildman–Crippen MR) is 92.1 cm³/mol. The molecule has 0 aliphatic rings. The van der Waals surface area contributed by atoms with Gasteiger partial charge in [0, 0.05) is 12.5 Å². The normalized spacial score (nSPS) is 12.7. The molecule has 2 aromatic rings. The highest BCUT2D eigenvalue weighted by Gasteiger charge is 2.21. The van der Waals surface area contributed by atoms with Crippen LogP contribution in [0.25, 0.3) is 0 Å². The smallest absolute Gasteiger partial charge is 0.303 e. The van der Waals surface area contributed by atoms with Gasteiger partial charge in [-0.3, -0.25) is 4.79 Å². The maximum Gasteiger partial charge on any atom is 0.303 e. The molecule has 25 heavy (non-hydrogen) atoms. The zero-order chi connectivity index (χ0) is 18.4. The summed E-state index contributed by atoms with van der Waals surface area (Å²) in [6.45, 7) is 1.90. The number of hydrogen-bond acceptors (Lipinski definition) is 3. The molecule has 2 aromatic carbocycles. The van der Waals surface area contributed by atoms with Gasteiger partial charge in [-0.2, -0.15) is 0 Å². The molecule has 0 aliphatic carbocycles. The second-order valence-corrected chi connectivity index (χ2v) is 7.54. The number of rotatable bonds is 8. The van der Waals surface area contributed by atoms with Crippen molar-refractivity contribution in [2.45, 2.75) is 37.1 Å². The Kier molecular flexibility index (Phi) is 6.27. The van der Waals surface area contributed by atoms with E-state index in [9.17, 15) is 17.6 Å². The first-order chi connectivity index (χ1) is 11.8. The highest BCUT2D eigenvalue weighted by Crippen LogP contribution is 2.23. The molecule has 2 N–H and O–H groups in total. The van der Waals surface area contributed by atoms with Crippen molar-refractivity contribution in [3.8, 4) is 0 Å². The van der Waals surface area contributed by atoms with Crippen LogP contribution in [0.15, 0.2) is 53.4 Å². The molecule has 0 bridgehead atoms. The first-order valence-electron chi connectivity index (χ1n) is 7.84. The SMILES string of the molecule is Cc1cccc(C(CCCC(=O)O)NS(=O)(=O)c2ccc(F)cc2)c1. The van der Waals surface area contributed by atoms with Crippen molar-refractivity contribution in [1.29, 1.82) is 0 Å². The van der Waals surface area contributed by atoms with Gasteiger partial charge in [-0.25, -0.2) is 17.5 Å². The van der Waals surface area contributed by atoms with Crippen LogP contribution < -0.4 is 4.72 Å². The van der Waals surface area contributed by atoms with E-state index in [-0.39, 0.29) is 11.3 Å². The van der Waals surface area contributed by atoms with E-state index in [1.165, 1.54) is 12.1 Å². The van der Waals surface area contributed by atoms with Gasteiger partial charge in [-0.05, 0) is 49.6 Å². The average Bonchev–Trinajstić information content (AvgIpc) is 2.54. The standard InChI is InChI=1S/C18H20FNO4S/c1-13-4-2-5-14(12-13)17(6-3-7-18(21)22)20-25(23,24)16-10-8-15(19)9-11-16/h2,4-5,8-12,17,20H,3,6-7H2,1H3,(H,21,22). The summed E-state index contributed by atoms with van der Waals surface area (Å²) in [6, 6.07) is 11.4. The molecule has 1 unspecified atom stereocenters. The summed E-state index contributed by atoms with van der Waals surface area (Å²) in [6.07, 6.45) is 0.636. The molecule has 5 nitrogen and oxygen atoms in total. The second-order valence-electron chi connectivity index (χ2n) is 5.83. The number of aliphatic carboxylic acids is 1. The Morgan fingerprint density at radius 2 is 1.88 bits per heavy atom. The molecule has 0 saturated heterocycles. The molecule has 2 rings (SSSR count). The van der Waals surface area contributed by atoms with Crippen molar-refractivity contribution in [3.63, 3.8) is 0 Å². The van der Waals surface area contributed by atoms with Gasteiger partial charge in [0.2, 0.25) is 10.0 Å². The van der Waals surface area contributed by atoms with E-state index < -0.39 is 27.9 Å². The van der Waals surface area contributed by atoms with E-state index in [0.717, 1.165) is 23.3 Å². The monoisotopic (exact) mass is 365 g/mol. The summed E-state index contributed by atoms with van der Waals surface area (Å²) in [4.78, 5) is 10.7. The summed E-state index contributed by atoms with van der Waals surface area (Å²) >= 11 is 0. The van der Waals surface area contributed by atoms with Crippen LogP contribution in [0.4, 0.5) is 4.39 Å². The van der Waals surface area contributed by atoms with Gasteiger partial charge in [-0.1, -0.05) is 29.8 Å². The van der Waals surface area contributed by atoms with Crippen molar-refractivity contribution in [2.24, 2.45) is 0 Å². The van der Waals surface area contributed by atoms with Gasteiger partial charge in [0.05, 0.1) is 4.90 Å². The zero-order valence-corrected chi connectivity index (χ0v) is 14.6. The third-order valence-corrected chi connectivity index (χ3v) is 5.24. The average molecular weight is 365 g/mol. The van der Waals surface area contributed by atoms with Crippen LogP contribution in [0, 0.1) is 12.7 Å². The van der Waals surface area contributed by atoms with Crippen molar-refractivity contribution in [1.82, 2.24) is 4.72 Å². The third kappa shape index (κ3) is 5.65. The minimum Gasteiger partial charge on any atom is -0.481 e. The van der Waals surface area contributed by atoms with Crippen LogP contribution in [0.1, 0.15) is 36.4 Å². The van der Waals surface area contributed by atoms with E-state index in [2.05, 4.69) is 4.72 Å². The molecule has 0 amide bonds. The van der Waals surface area contributed by atoms with Crippen LogP contribution in [-0.4, -0.2) is 19.5 Å². The number of nitrogens with one attached hydrogen (secondary N) is 1. The summed E-state index contributed by atoms with van der Waals surface area (Å²) < 4.78 is 40.7. The predicted octanol–water partition coefficient (Wildman–Crippen LogP) is 3.41. The summed E-state index contributed by atoms with van der Waals surface area (Å²) in [5.41, 5.74) is 1.73. The topological polar surface area (TPSA) is 83.5 Å². The lowest BCUT2D eigenvalue weighted by Gasteiger charge is -2.19. The van der Waals surface area contributed by atoms with Crippen LogP contribution in [0.2, 0.25) is 0 Å². The number of halogens is 1. The molecule has 0 heterocycles. The molecule has 0 saturated carbocycles. The fourth-order valence-corrected chi connectivity index (χ4v) is 3.77. The van der Waals surface area contributed by atoms with Crippen molar-refractivity contribution >= 4 is 16.0 Å². The number of sulfonamides is 1. The molecule has 0 fully saturated rings. The lowest BCUT2D eigenvalue weighted by atomic mass is 10.0. The van der Waals surface area contributed by atoms with Gasteiger partial charge in [0.1, 0.15) is 5.82 Å². The Hall–Kier alpha value is -2.25. The molecule has 7 heteroatoms. The van der Waals surface area contributed by atoms with E-state index in [1.807, 2.05) is 25.1 Å². The van der Waals surface area contributed by atoms with Crippen LogP contribution >= 0.6 is 0 Å². The van der Waals surface area contributed by atoms with E-state index in [0.29, 0.717) is 12.8 Å². The molecule has 0 spiro atoms. The maximum atomic E-state index is 13.0. The number of hydrogen-bond donors (Lipinski definition) is 2. The second kappa shape index (κ2) is 8.22. The molecule has 0 aliphatic heterocycles. The molecule has 134 valence electrons. The minimum absolute atomic E-state index is 0.0372.